The second-order valence-electron chi connectivity index (χ2n) is 24.4. The minimum absolute atomic E-state index is 0.0330. The number of carbonyl (C=O) groups excluding carboxylic acids is 7. The third kappa shape index (κ3) is 8.65. The molecule has 7 amide bonds. The highest BCUT2D eigenvalue weighted by atomic mass is 16.2. The molecule has 1 unspecified atom stereocenters. The predicted octanol–water partition coefficient (Wildman–Crippen LogP) is 6.81. The van der Waals surface area contributed by atoms with Crippen LogP contribution in [0.15, 0.2) is 48.8 Å². The summed E-state index contributed by atoms with van der Waals surface area (Å²) in [6, 6.07) is 14.1. The number of nitrogens with one attached hydrogen (secondary N) is 2. The molecule has 0 radical (unpaired) electrons. The zero-order chi connectivity index (χ0) is 53.7. The summed E-state index contributed by atoms with van der Waals surface area (Å²) < 4.78 is 2.19. The molecule has 18 nitrogen and oxygen atoms in total. The smallest absolute Gasteiger partial charge is 0.264 e. The number of amides is 7. The predicted molar refractivity (Wildman–Crippen MR) is 294 cm³/mol. The van der Waals surface area contributed by atoms with Gasteiger partial charge in [-0.1, -0.05) is 24.6 Å². The van der Waals surface area contributed by atoms with Crippen molar-refractivity contribution < 1.29 is 33.6 Å². The van der Waals surface area contributed by atoms with Crippen LogP contribution in [-0.4, -0.2) is 152 Å². The van der Waals surface area contributed by atoms with E-state index >= 15 is 4.79 Å². The van der Waals surface area contributed by atoms with Gasteiger partial charge in [-0.25, -0.2) is 9.97 Å². The highest BCUT2D eigenvalue weighted by Gasteiger charge is 2.56. The minimum atomic E-state index is -1.04. The molecule has 4 aromatic rings. The number of nitrogens with zero attached hydrogens (tertiary/aromatic N) is 9. The van der Waals surface area contributed by atoms with E-state index < -0.39 is 35.1 Å². The van der Waals surface area contributed by atoms with Crippen LogP contribution in [0.25, 0.3) is 22.3 Å². The number of likely N-dealkylation sites (tertiary alicyclic amines) is 3. The number of fused-ring (bicyclic) bond motifs is 4. The second kappa shape index (κ2) is 19.9. The normalized spacial score (nSPS) is 26.7. The van der Waals surface area contributed by atoms with E-state index in [1.165, 1.54) is 19.3 Å². The molecule has 18 heteroatoms. The van der Waals surface area contributed by atoms with Crippen LogP contribution in [0.4, 0.5) is 17.2 Å². The number of piperidine rings is 4. The monoisotopic (exact) mass is 1060 g/mol. The molecule has 1 spiro atoms. The highest BCUT2D eigenvalue weighted by molar-refractivity contribution is 6.25. The van der Waals surface area contributed by atoms with E-state index in [9.17, 15) is 28.8 Å². The second-order valence-corrected chi connectivity index (χ2v) is 24.4. The van der Waals surface area contributed by atoms with Crippen molar-refractivity contribution in [3.05, 3.63) is 65.5 Å². The molecule has 9 aliphatic rings. The Labute approximate surface area is 455 Å². The number of imide groups is 2. The van der Waals surface area contributed by atoms with E-state index in [2.05, 4.69) is 63.1 Å². The van der Waals surface area contributed by atoms with Gasteiger partial charge < -0.3 is 34.4 Å². The fraction of sp³-hybridized carbons (Fsp3) is 0.583. The van der Waals surface area contributed by atoms with Crippen LogP contribution in [0.5, 0.6) is 0 Å². The first-order valence-corrected chi connectivity index (χ1v) is 29.3. The molecule has 2 aromatic carbocycles. The average molecular weight is 1060 g/mol. The summed E-state index contributed by atoms with van der Waals surface area (Å²) in [5, 5.41) is 5.96. The molecule has 2 aromatic heterocycles. The van der Waals surface area contributed by atoms with E-state index in [-0.39, 0.29) is 71.7 Å². The van der Waals surface area contributed by atoms with Crippen molar-refractivity contribution >= 4 is 69.6 Å². The van der Waals surface area contributed by atoms with Gasteiger partial charge in [-0.15, -0.1) is 0 Å². The maximum atomic E-state index is 15.3. The first-order chi connectivity index (χ1) is 37.8. The maximum absolute atomic E-state index is 15.3. The standard InChI is InChI=1S/C60H73N11O7/c1-35(2)69-34-61-46-33-45(63-53(52(46)69)62-39-13-14-39)38-12-17-44-49(30-38)70(42-31-41(32-42)66-24-5-4-6-25-66)59(78)60(44)22-28-68(29-23-60)56(75)37-20-26-67(27-21-37)55(74)36-10-15-40(16-11-36)65(3)47-9-7-8-43-51(47)58(77)71(57(43)76)48-18-19-50(72)64-54(48)73/h7-9,12,17,30,33-37,39-42,48H,4-6,10-11,13-16,18-29,31-32H2,1-3H3,(H,62,63)(H,64,72,73)/t36-,40-,41-,42+,48?. The number of imidazole rings is 1. The molecular formula is C60H73N11O7. The van der Waals surface area contributed by atoms with E-state index in [0.717, 1.165) is 95.9 Å². The molecule has 13 rings (SSSR count). The Morgan fingerprint density at radius 3 is 2.15 bits per heavy atom. The van der Waals surface area contributed by atoms with E-state index in [1.807, 2.05) is 34.1 Å². The third-order valence-corrected chi connectivity index (χ3v) is 19.6. The highest BCUT2D eigenvalue weighted by Crippen LogP contribution is 2.53. The Kier molecular flexibility index (Phi) is 13.0. The lowest BCUT2D eigenvalue weighted by Gasteiger charge is -2.48. The van der Waals surface area contributed by atoms with Gasteiger partial charge in [0, 0.05) is 92.9 Å². The lowest BCUT2D eigenvalue weighted by atomic mass is 9.73. The van der Waals surface area contributed by atoms with Gasteiger partial charge in [0.1, 0.15) is 11.6 Å². The number of pyridine rings is 1. The van der Waals surface area contributed by atoms with Crippen LogP contribution in [0, 0.1) is 11.8 Å². The number of hydrogen-bond acceptors (Lipinski definition) is 12. The lowest BCUT2D eigenvalue weighted by molar-refractivity contribution is -0.144. The zero-order valence-corrected chi connectivity index (χ0v) is 45.4. The van der Waals surface area contributed by atoms with Crippen molar-refractivity contribution in [3.8, 4) is 11.3 Å². The van der Waals surface area contributed by atoms with Gasteiger partial charge in [0.25, 0.3) is 11.8 Å². The van der Waals surface area contributed by atoms with Crippen molar-refractivity contribution in [2.75, 3.05) is 61.4 Å². The largest absolute Gasteiger partial charge is 0.371 e. The maximum Gasteiger partial charge on any atom is 0.264 e. The van der Waals surface area contributed by atoms with Gasteiger partial charge in [0.05, 0.1) is 39.8 Å². The molecule has 7 fully saturated rings. The Morgan fingerprint density at radius 1 is 0.756 bits per heavy atom. The summed E-state index contributed by atoms with van der Waals surface area (Å²) in [7, 11) is 1.92. The zero-order valence-electron chi connectivity index (χ0n) is 45.4. The molecule has 0 bridgehead atoms. The topological polar surface area (TPSA) is 194 Å². The Hall–Kier alpha value is -6.69. The van der Waals surface area contributed by atoms with Gasteiger partial charge >= 0.3 is 0 Å². The van der Waals surface area contributed by atoms with Crippen molar-refractivity contribution in [3.63, 3.8) is 0 Å². The summed E-state index contributed by atoms with van der Waals surface area (Å²) in [4.78, 5) is 118. The quantitative estimate of drug-likeness (QED) is 0.149. The van der Waals surface area contributed by atoms with Crippen LogP contribution in [0.2, 0.25) is 0 Å². The van der Waals surface area contributed by atoms with Gasteiger partial charge in [-0.05, 0) is 153 Å². The molecule has 78 heavy (non-hydrogen) atoms. The van der Waals surface area contributed by atoms with Crippen molar-refractivity contribution in [1.82, 2.24) is 39.5 Å². The van der Waals surface area contributed by atoms with Gasteiger partial charge in [-0.2, -0.15) is 0 Å². The minimum Gasteiger partial charge on any atom is -0.371 e. The summed E-state index contributed by atoms with van der Waals surface area (Å²) >= 11 is 0. The first kappa shape index (κ1) is 50.8. The molecule has 4 saturated heterocycles. The van der Waals surface area contributed by atoms with Crippen molar-refractivity contribution in [1.29, 1.82) is 0 Å². The Morgan fingerprint density at radius 2 is 1.46 bits per heavy atom. The number of rotatable bonds is 11. The average Bonchev–Trinajstić information content (AvgIpc) is 4.26. The number of carbonyl (C=O) groups is 7. The first-order valence-electron chi connectivity index (χ1n) is 29.3. The SMILES string of the molecule is CC(C)n1cnc2cc(-c3ccc4c(c3)N([C@H]3C[C@@H](N5CCCCC5)C3)C(=O)C43CCN(C(=O)C4CCN(C(=O)[C@H]5CC[C@H](N(C)c6cccc7c6C(=O)N(C6CCC(=O)NC6=O)C7=O)CC5)CC4)CC3)nc(NC3CC3)c21. The fourth-order valence-corrected chi connectivity index (χ4v) is 14.7. The third-order valence-electron chi connectivity index (χ3n) is 19.6. The van der Waals surface area contributed by atoms with E-state index in [4.69, 9.17) is 9.97 Å². The number of aromatic nitrogens is 3. The molecule has 3 aliphatic carbocycles. The molecule has 8 heterocycles. The van der Waals surface area contributed by atoms with Gasteiger partial charge in [0.15, 0.2) is 5.82 Å². The van der Waals surface area contributed by atoms with Crippen LogP contribution < -0.4 is 20.4 Å². The van der Waals surface area contributed by atoms with Crippen LogP contribution >= 0.6 is 0 Å². The molecule has 6 aliphatic heterocycles. The number of anilines is 3. The summed E-state index contributed by atoms with van der Waals surface area (Å²) in [6.07, 6.45) is 15.2. The summed E-state index contributed by atoms with van der Waals surface area (Å²) in [5.41, 5.74) is 6.25. The molecule has 2 N–H and O–H groups in total. The Bertz CT molecular complexity index is 3110. The van der Waals surface area contributed by atoms with Crippen LogP contribution in [0.1, 0.15) is 155 Å². The van der Waals surface area contributed by atoms with Crippen LogP contribution in [0.3, 0.4) is 0 Å². The summed E-state index contributed by atoms with van der Waals surface area (Å²) in [5.74, 6) is -1.12. The molecule has 1 atom stereocenters. The fourth-order valence-electron chi connectivity index (χ4n) is 14.7. The van der Waals surface area contributed by atoms with Gasteiger partial charge in [0.2, 0.25) is 29.5 Å². The van der Waals surface area contributed by atoms with Crippen molar-refractivity contribution in [2.24, 2.45) is 11.8 Å². The van der Waals surface area contributed by atoms with Crippen LogP contribution in [-0.2, 0) is 29.4 Å². The lowest BCUT2D eigenvalue weighted by Crippen LogP contribution is -2.58. The Balaban J connectivity index is 0.649. The van der Waals surface area contributed by atoms with Gasteiger partial charge in [-0.3, -0.25) is 43.8 Å². The number of benzene rings is 2. The van der Waals surface area contributed by atoms with Crippen molar-refractivity contribution in [2.45, 2.75) is 165 Å². The van der Waals surface area contributed by atoms with E-state index in [0.29, 0.717) is 82.5 Å². The molecule has 3 saturated carbocycles. The summed E-state index contributed by atoms with van der Waals surface area (Å²) in [6.45, 7) is 8.70. The van der Waals surface area contributed by atoms with E-state index in [1.54, 1.807) is 12.1 Å². The molecular weight excluding hydrogens is 987 g/mol. The number of hydrogen-bond donors (Lipinski definition) is 2. The molecule has 410 valence electrons.